The van der Waals surface area contributed by atoms with E-state index in [2.05, 4.69) is 43.7 Å². The summed E-state index contributed by atoms with van der Waals surface area (Å²) in [7, 11) is 2.09. The standard InChI is InChI=1S/C22H24N4O2S2/c1-16-20(15-30(27)22-24-18-5-3-4-6-19(18)25-22)23-9-7-21(16)28-11-10-26(2)13-17-8-12-29-14-17/h3-9,12,14H,10-11,13,15H2,1-2H3,(H,24,25). The Hall–Kier alpha value is -2.39. The molecule has 4 rings (SSSR count). The zero-order valence-corrected chi connectivity index (χ0v) is 18.6. The number of likely N-dealkylation sites (N-methyl/N-ethyl adjacent to an activating group) is 1. The van der Waals surface area contributed by atoms with Crippen LogP contribution in [0.25, 0.3) is 11.0 Å². The Morgan fingerprint density at radius 2 is 2.10 bits per heavy atom. The molecule has 1 N–H and O–H groups in total. The molecule has 0 aliphatic carbocycles. The van der Waals surface area contributed by atoms with E-state index in [4.69, 9.17) is 4.74 Å². The van der Waals surface area contributed by atoms with E-state index in [0.717, 1.165) is 41.1 Å². The van der Waals surface area contributed by atoms with E-state index in [1.54, 1.807) is 17.5 Å². The molecule has 1 atom stereocenters. The molecule has 3 heterocycles. The van der Waals surface area contributed by atoms with Crippen LogP contribution >= 0.6 is 11.3 Å². The third-order valence-corrected chi connectivity index (χ3v) is 6.77. The zero-order valence-electron chi connectivity index (χ0n) is 17.0. The van der Waals surface area contributed by atoms with Crippen molar-refractivity contribution in [1.29, 1.82) is 0 Å². The van der Waals surface area contributed by atoms with Crippen molar-refractivity contribution >= 4 is 33.5 Å². The number of ether oxygens (including phenoxy) is 1. The lowest BCUT2D eigenvalue weighted by Gasteiger charge is -2.17. The highest BCUT2D eigenvalue weighted by molar-refractivity contribution is 7.90. The second-order valence-electron chi connectivity index (χ2n) is 7.15. The number of fused-ring (bicyclic) bond motifs is 1. The number of hydrogen-bond acceptors (Lipinski definition) is 6. The summed E-state index contributed by atoms with van der Waals surface area (Å²) < 4.78 is 18.8. The molecule has 8 heteroatoms. The monoisotopic (exact) mass is 440 g/mol. The molecule has 0 bridgehead atoms. The molecule has 0 aliphatic rings. The quantitative estimate of drug-likeness (QED) is 0.396. The van der Waals surface area contributed by atoms with E-state index in [1.165, 1.54) is 5.56 Å². The molecule has 0 radical (unpaired) electrons. The maximum Gasteiger partial charge on any atom is 0.322 e. The van der Waals surface area contributed by atoms with Gasteiger partial charge in [0.15, 0.2) is 5.75 Å². The summed E-state index contributed by atoms with van der Waals surface area (Å²) in [5.41, 5.74) is 4.70. The summed E-state index contributed by atoms with van der Waals surface area (Å²) in [6.45, 7) is 4.27. The van der Waals surface area contributed by atoms with Gasteiger partial charge < -0.3 is 9.29 Å². The SMILES string of the molecule is Cc1c(OCCN(C)Cc2ccsc2)ccnc1C[S+]([O-])c1nc2ccccc2[nH]1. The van der Waals surface area contributed by atoms with Crippen molar-refractivity contribution in [2.75, 3.05) is 20.2 Å². The Balaban J connectivity index is 1.36. The fraction of sp³-hybridized carbons (Fsp3) is 0.273. The third kappa shape index (κ3) is 5.02. The van der Waals surface area contributed by atoms with Crippen LogP contribution in [0.2, 0.25) is 0 Å². The number of aromatic amines is 1. The Morgan fingerprint density at radius 1 is 1.23 bits per heavy atom. The Bertz CT molecular complexity index is 1060. The Kier molecular flexibility index (Phi) is 6.69. The van der Waals surface area contributed by atoms with E-state index in [-0.39, 0.29) is 0 Å². The van der Waals surface area contributed by atoms with Gasteiger partial charge >= 0.3 is 5.16 Å². The summed E-state index contributed by atoms with van der Waals surface area (Å²) in [5.74, 6) is 1.08. The van der Waals surface area contributed by atoms with Gasteiger partial charge in [-0.25, -0.2) is 0 Å². The maximum absolute atomic E-state index is 12.8. The second kappa shape index (κ2) is 9.61. The first kappa shape index (κ1) is 20.9. The van der Waals surface area contributed by atoms with E-state index < -0.39 is 11.2 Å². The molecule has 0 fully saturated rings. The average molecular weight is 441 g/mol. The van der Waals surface area contributed by atoms with Gasteiger partial charge in [0.25, 0.3) is 0 Å². The zero-order chi connectivity index (χ0) is 20.9. The smallest absolute Gasteiger partial charge is 0.322 e. The highest BCUT2D eigenvalue weighted by Crippen LogP contribution is 2.24. The van der Waals surface area contributed by atoms with Gasteiger partial charge in [0, 0.05) is 36.0 Å². The lowest BCUT2D eigenvalue weighted by Crippen LogP contribution is -2.23. The summed E-state index contributed by atoms with van der Waals surface area (Å²) in [5, 5.41) is 4.73. The Morgan fingerprint density at radius 3 is 2.90 bits per heavy atom. The van der Waals surface area contributed by atoms with Gasteiger partial charge in [-0.1, -0.05) is 12.1 Å². The second-order valence-corrected chi connectivity index (χ2v) is 9.29. The van der Waals surface area contributed by atoms with Crippen LogP contribution in [0.3, 0.4) is 0 Å². The highest BCUT2D eigenvalue weighted by Gasteiger charge is 2.20. The van der Waals surface area contributed by atoms with Crippen LogP contribution in [0, 0.1) is 6.92 Å². The van der Waals surface area contributed by atoms with Crippen LogP contribution in [0.4, 0.5) is 0 Å². The van der Waals surface area contributed by atoms with Crippen LogP contribution in [-0.2, 0) is 23.5 Å². The van der Waals surface area contributed by atoms with Crippen molar-refractivity contribution in [3.8, 4) is 5.75 Å². The number of para-hydroxylation sites is 2. The number of nitrogens with one attached hydrogen (secondary N) is 1. The minimum absolute atomic E-state index is 0.293. The third-order valence-electron chi connectivity index (χ3n) is 4.87. The van der Waals surface area contributed by atoms with Gasteiger partial charge in [0.2, 0.25) is 0 Å². The van der Waals surface area contributed by atoms with Gasteiger partial charge in [0.05, 0.1) is 16.7 Å². The summed E-state index contributed by atoms with van der Waals surface area (Å²) in [6.07, 6.45) is 1.71. The normalized spacial score (nSPS) is 12.5. The largest absolute Gasteiger partial charge is 0.609 e. The number of imidazole rings is 1. The molecule has 0 saturated carbocycles. The summed E-state index contributed by atoms with van der Waals surface area (Å²) in [4.78, 5) is 14.2. The van der Waals surface area contributed by atoms with Gasteiger partial charge in [-0.3, -0.25) is 14.9 Å². The predicted octanol–water partition coefficient (Wildman–Crippen LogP) is 4.15. The molecule has 1 unspecified atom stereocenters. The molecule has 4 aromatic rings. The fourth-order valence-corrected chi connectivity index (χ4v) is 4.94. The number of aromatic nitrogens is 3. The maximum atomic E-state index is 12.8. The molecular weight excluding hydrogens is 416 g/mol. The van der Waals surface area contributed by atoms with Crippen molar-refractivity contribution in [2.24, 2.45) is 0 Å². The van der Waals surface area contributed by atoms with Crippen molar-refractivity contribution in [3.63, 3.8) is 0 Å². The van der Waals surface area contributed by atoms with Crippen LogP contribution in [0.5, 0.6) is 5.75 Å². The van der Waals surface area contributed by atoms with Crippen LogP contribution < -0.4 is 4.74 Å². The van der Waals surface area contributed by atoms with Crippen LogP contribution in [0.1, 0.15) is 16.8 Å². The highest BCUT2D eigenvalue weighted by atomic mass is 32.2. The fourth-order valence-electron chi connectivity index (χ4n) is 3.18. The van der Waals surface area contributed by atoms with E-state index in [0.29, 0.717) is 17.5 Å². The molecule has 0 aliphatic heterocycles. The summed E-state index contributed by atoms with van der Waals surface area (Å²) in [6, 6.07) is 11.7. The molecule has 1 aromatic carbocycles. The molecule has 0 saturated heterocycles. The van der Waals surface area contributed by atoms with Gasteiger partial charge in [-0.2, -0.15) is 16.3 Å². The molecule has 0 amide bonds. The first-order valence-corrected chi connectivity index (χ1v) is 12.0. The number of nitrogens with zero attached hydrogens (tertiary/aromatic N) is 3. The number of benzene rings is 1. The number of pyridine rings is 1. The van der Waals surface area contributed by atoms with Crippen molar-refractivity contribution < 1.29 is 9.29 Å². The van der Waals surface area contributed by atoms with Crippen molar-refractivity contribution in [2.45, 2.75) is 24.4 Å². The number of hydrogen-bond donors (Lipinski definition) is 1. The van der Waals surface area contributed by atoms with Gasteiger partial charge in [0.1, 0.15) is 12.4 Å². The molecule has 156 valence electrons. The lowest BCUT2D eigenvalue weighted by molar-refractivity contribution is 0.232. The lowest BCUT2D eigenvalue weighted by atomic mass is 10.2. The number of H-pyrrole nitrogens is 1. The average Bonchev–Trinajstić information content (AvgIpc) is 3.40. The van der Waals surface area contributed by atoms with Gasteiger partial charge in [-0.05, 0) is 54.6 Å². The molecule has 6 nitrogen and oxygen atoms in total. The van der Waals surface area contributed by atoms with Crippen LogP contribution in [0.15, 0.2) is 58.5 Å². The van der Waals surface area contributed by atoms with Crippen molar-refractivity contribution in [1.82, 2.24) is 19.9 Å². The molecule has 3 aromatic heterocycles. The van der Waals surface area contributed by atoms with Crippen molar-refractivity contribution in [3.05, 3.63) is 70.2 Å². The number of rotatable bonds is 9. The topological polar surface area (TPSA) is 77.1 Å². The van der Waals surface area contributed by atoms with Crippen LogP contribution in [-0.4, -0.2) is 44.6 Å². The molecule has 0 spiro atoms. The van der Waals surface area contributed by atoms with Gasteiger partial charge in [-0.15, -0.1) is 0 Å². The van der Waals surface area contributed by atoms with E-state index in [9.17, 15) is 4.55 Å². The Labute approximate surface area is 183 Å². The first-order chi connectivity index (χ1) is 14.6. The first-order valence-electron chi connectivity index (χ1n) is 9.70. The minimum atomic E-state index is -1.31. The van der Waals surface area contributed by atoms with E-state index in [1.807, 2.05) is 37.3 Å². The molecule has 30 heavy (non-hydrogen) atoms. The predicted molar refractivity (Wildman–Crippen MR) is 121 cm³/mol. The summed E-state index contributed by atoms with van der Waals surface area (Å²) >= 11 is 0.404. The van der Waals surface area contributed by atoms with E-state index >= 15 is 0 Å². The minimum Gasteiger partial charge on any atom is -0.609 e. The molecular formula is C22H24N4O2S2. The number of thiophene rings is 1.